The van der Waals surface area contributed by atoms with Gasteiger partial charge in [0.2, 0.25) is 5.03 Å². The number of halogens is 1. The molecule has 1 aromatic heterocycles. The Labute approximate surface area is 112 Å². The third kappa shape index (κ3) is 3.71. The third-order valence-corrected chi connectivity index (χ3v) is 4.59. The Bertz CT molecular complexity index is 530. The quantitative estimate of drug-likeness (QED) is 0.877. The summed E-state index contributed by atoms with van der Waals surface area (Å²) in [4.78, 5) is 5.79. The minimum atomic E-state index is -3.89. The van der Waals surface area contributed by atoms with Crippen molar-refractivity contribution in [3.8, 4) is 0 Å². The molecule has 2 rings (SSSR count). The number of aromatic nitrogens is 1. The van der Waals surface area contributed by atoms with Gasteiger partial charge in [-0.1, -0.05) is 0 Å². The molecule has 0 aromatic carbocycles. The minimum absolute atomic E-state index is 0.274. The smallest absolute Gasteiger partial charge is 0.261 e. The lowest BCUT2D eigenvalue weighted by Gasteiger charge is -2.20. The van der Waals surface area contributed by atoms with Gasteiger partial charge in [-0.05, 0) is 45.0 Å². The van der Waals surface area contributed by atoms with E-state index in [4.69, 9.17) is 0 Å². The van der Waals surface area contributed by atoms with Gasteiger partial charge in [-0.2, -0.15) is 0 Å². The van der Waals surface area contributed by atoms with E-state index in [0.29, 0.717) is 6.54 Å². The number of nitrogens with zero attached hydrogens (tertiary/aromatic N) is 2. The van der Waals surface area contributed by atoms with Crippen molar-refractivity contribution in [2.45, 2.75) is 30.8 Å². The molecule has 1 fully saturated rings. The number of pyridine rings is 1. The molecule has 1 unspecified atom stereocenters. The largest absolute Gasteiger partial charge is 0.302 e. The van der Waals surface area contributed by atoms with Crippen LogP contribution in [0.3, 0.4) is 0 Å². The SMILES string of the molecule is CC(CN1CCCC1)NS(=O)(=O)c1ncccc1F. The lowest BCUT2D eigenvalue weighted by molar-refractivity contribution is 0.312. The maximum atomic E-state index is 13.4. The average molecular weight is 287 g/mol. The van der Waals surface area contributed by atoms with Gasteiger partial charge >= 0.3 is 0 Å². The standard InChI is InChI=1S/C12H18FN3O2S/c1-10(9-16-7-2-3-8-16)15-19(17,18)12-11(13)5-4-6-14-12/h4-6,10,15H,2-3,7-9H2,1H3. The Morgan fingerprint density at radius 1 is 1.47 bits per heavy atom. The van der Waals surface area contributed by atoms with Crippen LogP contribution in [0.5, 0.6) is 0 Å². The van der Waals surface area contributed by atoms with Crippen LogP contribution >= 0.6 is 0 Å². The molecule has 1 aromatic rings. The van der Waals surface area contributed by atoms with Crippen LogP contribution in [-0.2, 0) is 10.0 Å². The van der Waals surface area contributed by atoms with Gasteiger partial charge in [-0.25, -0.2) is 22.5 Å². The van der Waals surface area contributed by atoms with E-state index in [-0.39, 0.29) is 6.04 Å². The molecule has 2 heterocycles. The zero-order valence-electron chi connectivity index (χ0n) is 10.8. The fraction of sp³-hybridized carbons (Fsp3) is 0.583. The van der Waals surface area contributed by atoms with E-state index in [9.17, 15) is 12.8 Å². The highest BCUT2D eigenvalue weighted by molar-refractivity contribution is 7.89. The molecule has 0 amide bonds. The Balaban J connectivity index is 2.02. The summed E-state index contributed by atoms with van der Waals surface area (Å²) in [5.74, 6) is -0.830. The van der Waals surface area contributed by atoms with Crippen LogP contribution in [0, 0.1) is 5.82 Å². The summed E-state index contributed by atoms with van der Waals surface area (Å²) in [6.07, 6.45) is 3.56. The van der Waals surface area contributed by atoms with Gasteiger partial charge < -0.3 is 4.90 Å². The van der Waals surface area contributed by atoms with Crippen LogP contribution < -0.4 is 4.72 Å². The second-order valence-corrected chi connectivity index (χ2v) is 6.45. The molecule has 5 nitrogen and oxygen atoms in total. The maximum absolute atomic E-state index is 13.4. The van der Waals surface area contributed by atoms with Gasteiger partial charge in [-0.15, -0.1) is 0 Å². The molecule has 0 aliphatic carbocycles. The van der Waals surface area contributed by atoms with Crippen molar-refractivity contribution in [1.29, 1.82) is 0 Å². The fourth-order valence-corrected chi connectivity index (χ4v) is 3.52. The Morgan fingerprint density at radius 3 is 2.79 bits per heavy atom. The van der Waals surface area contributed by atoms with E-state index < -0.39 is 20.9 Å². The molecule has 1 N–H and O–H groups in total. The van der Waals surface area contributed by atoms with Gasteiger partial charge in [0.25, 0.3) is 10.0 Å². The molecule has 0 bridgehead atoms. The van der Waals surface area contributed by atoms with Crippen molar-refractivity contribution >= 4 is 10.0 Å². The first kappa shape index (κ1) is 14.4. The predicted octanol–water partition coefficient (Wildman–Crippen LogP) is 0.983. The van der Waals surface area contributed by atoms with E-state index in [1.54, 1.807) is 6.92 Å². The normalized spacial score (nSPS) is 18.6. The molecule has 1 aliphatic heterocycles. The first-order chi connectivity index (χ1) is 8.99. The number of hydrogen-bond acceptors (Lipinski definition) is 4. The Kier molecular flexibility index (Phi) is 4.49. The number of likely N-dealkylation sites (tertiary alicyclic amines) is 1. The molecule has 7 heteroatoms. The van der Waals surface area contributed by atoms with Crippen molar-refractivity contribution in [1.82, 2.24) is 14.6 Å². The highest BCUT2D eigenvalue weighted by Crippen LogP contribution is 2.12. The minimum Gasteiger partial charge on any atom is -0.302 e. The molecule has 0 radical (unpaired) electrons. The van der Waals surface area contributed by atoms with Crippen LogP contribution in [0.15, 0.2) is 23.4 Å². The molecule has 1 saturated heterocycles. The first-order valence-electron chi connectivity index (χ1n) is 6.34. The van der Waals surface area contributed by atoms with Crippen LogP contribution in [0.2, 0.25) is 0 Å². The van der Waals surface area contributed by atoms with Gasteiger partial charge in [0, 0.05) is 18.8 Å². The molecule has 1 atom stereocenters. The average Bonchev–Trinajstić information content (AvgIpc) is 2.81. The Hall–Kier alpha value is -1.05. The van der Waals surface area contributed by atoms with Crippen LogP contribution in [-0.4, -0.2) is 44.0 Å². The van der Waals surface area contributed by atoms with Gasteiger partial charge in [0.05, 0.1) is 0 Å². The topological polar surface area (TPSA) is 62.3 Å². The summed E-state index contributed by atoms with van der Waals surface area (Å²) in [7, 11) is -3.89. The third-order valence-electron chi connectivity index (χ3n) is 3.07. The van der Waals surface area contributed by atoms with Crippen molar-refractivity contribution in [3.05, 3.63) is 24.1 Å². The Morgan fingerprint density at radius 2 is 2.16 bits per heavy atom. The highest BCUT2D eigenvalue weighted by atomic mass is 32.2. The maximum Gasteiger partial charge on any atom is 0.261 e. The first-order valence-corrected chi connectivity index (χ1v) is 7.82. The second kappa shape index (κ2) is 5.94. The zero-order valence-corrected chi connectivity index (χ0v) is 11.7. The van der Waals surface area contributed by atoms with E-state index in [1.165, 1.54) is 12.3 Å². The van der Waals surface area contributed by atoms with Crippen molar-refractivity contribution < 1.29 is 12.8 Å². The summed E-state index contributed by atoms with van der Waals surface area (Å²) >= 11 is 0. The predicted molar refractivity (Wildman–Crippen MR) is 69.7 cm³/mol. The molecule has 19 heavy (non-hydrogen) atoms. The highest BCUT2D eigenvalue weighted by Gasteiger charge is 2.24. The number of nitrogens with one attached hydrogen (secondary N) is 1. The summed E-state index contributed by atoms with van der Waals surface area (Å²) in [5.41, 5.74) is 0. The molecule has 0 saturated carbocycles. The monoisotopic (exact) mass is 287 g/mol. The second-order valence-electron chi connectivity index (χ2n) is 4.82. The molecule has 1 aliphatic rings. The van der Waals surface area contributed by atoms with Crippen LogP contribution in [0.1, 0.15) is 19.8 Å². The van der Waals surface area contributed by atoms with Crippen molar-refractivity contribution in [2.24, 2.45) is 0 Å². The van der Waals surface area contributed by atoms with Gasteiger partial charge in [-0.3, -0.25) is 0 Å². The lowest BCUT2D eigenvalue weighted by Crippen LogP contribution is -2.41. The van der Waals surface area contributed by atoms with E-state index in [1.807, 2.05) is 0 Å². The summed E-state index contributed by atoms with van der Waals surface area (Å²) in [6.45, 7) is 4.39. The summed E-state index contributed by atoms with van der Waals surface area (Å²) in [5, 5.41) is -0.539. The van der Waals surface area contributed by atoms with Crippen molar-refractivity contribution in [3.63, 3.8) is 0 Å². The lowest BCUT2D eigenvalue weighted by atomic mass is 10.3. The molecular formula is C12H18FN3O2S. The van der Waals surface area contributed by atoms with Gasteiger partial charge in [0.15, 0.2) is 5.82 Å². The van der Waals surface area contributed by atoms with Crippen LogP contribution in [0.4, 0.5) is 4.39 Å². The van der Waals surface area contributed by atoms with E-state index in [2.05, 4.69) is 14.6 Å². The van der Waals surface area contributed by atoms with E-state index >= 15 is 0 Å². The van der Waals surface area contributed by atoms with Gasteiger partial charge in [0.1, 0.15) is 0 Å². The number of hydrogen-bond donors (Lipinski definition) is 1. The summed E-state index contributed by atoms with van der Waals surface area (Å²) < 4.78 is 39.9. The molecular weight excluding hydrogens is 269 g/mol. The number of sulfonamides is 1. The fourth-order valence-electron chi connectivity index (χ4n) is 2.28. The molecule has 106 valence electrons. The van der Waals surface area contributed by atoms with Crippen molar-refractivity contribution in [2.75, 3.05) is 19.6 Å². The number of rotatable bonds is 5. The van der Waals surface area contributed by atoms with E-state index in [0.717, 1.165) is 32.0 Å². The molecule has 0 spiro atoms. The van der Waals surface area contributed by atoms with Crippen LogP contribution in [0.25, 0.3) is 0 Å². The summed E-state index contributed by atoms with van der Waals surface area (Å²) in [6, 6.07) is 2.18. The zero-order chi connectivity index (χ0) is 13.9.